The highest BCUT2D eigenvalue weighted by atomic mass is 19.1. The lowest BCUT2D eigenvalue weighted by Crippen LogP contribution is -2.40. The van der Waals surface area contributed by atoms with Gasteiger partial charge in [0.05, 0.1) is 32.6 Å². The maximum atomic E-state index is 13.8. The molecule has 3 aromatic rings. The lowest BCUT2D eigenvalue weighted by Gasteiger charge is -2.30. The van der Waals surface area contributed by atoms with Crippen molar-refractivity contribution >= 4 is 24.1 Å². The minimum absolute atomic E-state index is 0.165. The Kier molecular flexibility index (Phi) is 7.79. The van der Waals surface area contributed by atoms with Crippen LogP contribution in [-0.2, 0) is 16.1 Å². The molecule has 11 heteroatoms. The largest absolute Gasteiger partial charge is 0.489 e. The summed E-state index contributed by atoms with van der Waals surface area (Å²) < 4.78 is 30.4. The summed E-state index contributed by atoms with van der Waals surface area (Å²) in [5.74, 6) is 1.94. The van der Waals surface area contributed by atoms with Gasteiger partial charge in [-0.2, -0.15) is 20.1 Å². The van der Waals surface area contributed by atoms with Gasteiger partial charge in [-0.1, -0.05) is 18.2 Å². The molecule has 0 radical (unpaired) electrons. The number of halogens is 1. The smallest absolute Gasteiger partial charge is 0.250 e. The fraction of sp³-hybridized carbons (Fsp3) is 0.360. The lowest BCUT2D eigenvalue weighted by molar-refractivity contribution is 0.121. The van der Waals surface area contributed by atoms with E-state index < -0.39 is 0 Å². The van der Waals surface area contributed by atoms with Gasteiger partial charge in [-0.15, -0.1) is 0 Å². The highest BCUT2D eigenvalue weighted by molar-refractivity contribution is 5.80. The van der Waals surface area contributed by atoms with E-state index in [0.29, 0.717) is 55.6 Å². The van der Waals surface area contributed by atoms with Crippen molar-refractivity contribution < 1.29 is 18.6 Å². The Morgan fingerprint density at radius 2 is 1.47 bits per heavy atom. The molecule has 2 fully saturated rings. The molecule has 188 valence electrons. The van der Waals surface area contributed by atoms with Gasteiger partial charge < -0.3 is 24.0 Å². The molecule has 2 aliphatic rings. The molecule has 0 atom stereocenters. The number of hydrogen-bond donors (Lipinski definition) is 1. The number of aromatic nitrogens is 3. The fourth-order valence-electron chi connectivity index (χ4n) is 3.80. The molecule has 0 saturated carbocycles. The minimum atomic E-state index is -0.279. The van der Waals surface area contributed by atoms with Crippen molar-refractivity contribution in [2.45, 2.75) is 6.61 Å². The van der Waals surface area contributed by atoms with Crippen LogP contribution >= 0.6 is 0 Å². The zero-order chi connectivity index (χ0) is 24.6. The predicted molar refractivity (Wildman–Crippen MR) is 134 cm³/mol. The van der Waals surface area contributed by atoms with E-state index in [2.05, 4.69) is 30.3 Å². The molecule has 2 aliphatic heterocycles. The van der Waals surface area contributed by atoms with Gasteiger partial charge in [-0.25, -0.2) is 9.82 Å². The Labute approximate surface area is 208 Å². The molecular weight excluding hydrogens is 465 g/mol. The van der Waals surface area contributed by atoms with Gasteiger partial charge in [0.15, 0.2) is 0 Å². The molecule has 2 aromatic carbocycles. The lowest BCUT2D eigenvalue weighted by atomic mass is 10.2. The fourth-order valence-corrected chi connectivity index (χ4v) is 3.80. The Morgan fingerprint density at radius 1 is 0.861 bits per heavy atom. The van der Waals surface area contributed by atoms with E-state index >= 15 is 0 Å². The molecule has 3 heterocycles. The number of morpholine rings is 2. The van der Waals surface area contributed by atoms with Crippen LogP contribution in [0.25, 0.3) is 0 Å². The highest BCUT2D eigenvalue weighted by Gasteiger charge is 2.20. The highest BCUT2D eigenvalue weighted by Crippen LogP contribution is 2.19. The third kappa shape index (κ3) is 6.23. The summed E-state index contributed by atoms with van der Waals surface area (Å²) >= 11 is 0. The van der Waals surface area contributed by atoms with Gasteiger partial charge in [0.25, 0.3) is 0 Å². The van der Waals surface area contributed by atoms with Crippen molar-refractivity contribution in [1.29, 1.82) is 0 Å². The monoisotopic (exact) mass is 493 g/mol. The van der Waals surface area contributed by atoms with Crippen molar-refractivity contribution in [3.63, 3.8) is 0 Å². The molecule has 1 N–H and O–H groups in total. The second kappa shape index (κ2) is 11.7. The number of anilines is 3. The van der Waals surface area contributed by atoms with Gasteiger partial charge in [-0.05, 0) is 35.9 Å². The molecule has 1 aromatic heterocycles. The standard InChI is InChI=1S/C25H28FN7O3/c26-22-4-2-1-3-20(22)18-36-21-7-5-19(6-8-21)17-27-31-23-28-24(32-9-13-34-14-10-32)30-25(29-23)33-11-15-35-16-12-33/h1-8,17H,9-16,18H2,(H,28,29,30,31)/b27-17+. The third-order valence-corrected chi connectivity index (χ3v) is 5.81. The van der Waals surface area contributed by atoms with Crippen LogP contribution in [0.15, 0.2) is 53.6 Å². The maximum Gasteiger partial charge on any atom is 0.250 e. The zero-order valence-electron chi connectivity index (χ0n) is 19.8. The van der Waals surface area contributed by atoms with Crippen LogP contribution in [0.5, 0.6) is 5.75 Å². The Balaban J connectivity index is 1.24. The summed E-state index contributed by atoms with van der Waals surface area (Å²) in [4.78, 5) is 18.0. The SMILES string of the molecule is Fc1ccccc1COc1ccc(/C=N/Nc2nc(N3CCOCC3)nc(N3CCOCC3)n2)cc1. The third-order valence-electron chi connectivity index (χ3n) is 5.81. The number of hydrogen-bond acceptors (Lipinski definition) is 10. The normalized spacial score (nSPS) is 16.4. The van der Waals surface area contributed by atoms with Crippen molar-refractivity contribution in [3.05, 3.63) is 65.5 Å². The average Bonchev–Trinajstić information content (AvgIpc) is 2.94. The quantitative estimate of drug-likeness (QED) is 0.375. The first-order valence-electron chi connectivity index (χ1n) is 11.9. The van der Waals surface area contributed by atoms with E-state index in [0.717, 1.165) is 31.7 Å². The minimum Gasteiger partial charge on any atom is -0.489 e. The van der Waals surface area contributed by atoms with E-state index in [1.165, 1.54) is 6.07 Å². The van der Waals surface area contributed by atoms with Crippen molar-refractivity contribution in [3.8, 4) is 5.75 Å². The maximum absolute atomic E-state index is 13.8. The summed E-state index contributed by atoms with van der Waals surface area (Å²) in [7, 11) is 0. The van der Waals surface area contributed by atoms with E-state index in [-0.39, 0.29) is 12.4 Å². The van der Waals surface area contributed by atoms with Crippen molar-refractivity contribution in [2.75, 3.05) is 67.8 Å². The van der Waals surface area contributed by atoms with E-state index in [1.54, 1.807) is 24.4 Å². The Morgan fingerprint density at radius 3 is 2.08 bits per heavy atom. The average molecular weight is 494 g/mol. The molecule has 5 rings (SSSR count). The van der Waals surface area contributed by atoms with Crippen LogP contribution in [0.2, 0.25) is 0 Å². The summed E-state index contributed by atoms with van der Waals surface area (Å²) in [6, 6.07) is 13.9. The second-order valence-corrected chi connectivity index (χ2v) is 8.28. The van der Waals surface area contributed by atoms with Crippen LogP contribution in [0.4, 0.5) is 22.2 Å². The Hall–Kier alpha value is -3.83. The topological polar surface area (TPSA) is 97.2 Å². The number of nitrogens with one attached hydrogen (secondary N) is 1. The number of rotatable bonds is 8. The molecule has 0 unspecified atom stereocenters. The molecule has 2 saturated heterocycles. The van der Waals surface area contributed by atoms with E-state index in [1.807, 2.05) is 24.3 Å². The van der Waals surface area contributed by atoms with Gasteiger partial charge >= 0.3 is 0 Å². The molecule has 0 bridgehead atoms. The molecule has 10 nitrogen and oxygen atoms in total. The van der Waals surface area contributed by atoms with Crippen molar-refractivity contribution in [1.82, 2.24) is 15.0 Å². The van der Waals surface area contributed by atoms with Gasteiger partial charge in [-0.3, -0.25) is 0 Å². The molecule has 0 spiro atoms. The first kappa shape index (κ1) is 23.9. The summed E-state index contributed by atoms with van der Waals surface area (Å²) in [5, 5.41) is 4.31. The first-order chi connectivity index (χ1) is 17.7. The zero-order valence-corrected chi connectivity index (χ0v) is 19.8. The molecular formula is C25H28FN7O3. The number of ether oxygens (including phenoxy) is 3. The number of nitrogens with zero attached hydrogens (tertiary/aromatic N) is 6. The van der Waals surface area contributed by atoms with Gasteiger partial charge in [0.1, 0.15) is 18.2 Å². The van der Waals surface area contributed by atoms with E-state index in [4.69, 9.17) is 19.2 Å². The molecule has 36 heavy (non-hydrogen) atoms. The second-order valence-electron chi connectivity index (χ2n) is 8.28. The molecule has 0 amide bonds. The molecule has 0 aliphatic carbocycles. The van der Waals surface area contributed by atoms with Gasteiger partial charge in [0.2, 0.25) is 17.8 Å². The van der Waals surface area contributed by atoms with Crippen LogP contribution in [0.3, 0.4) is 0 Å². The predicted octanol–water partition coefficient (Wildman–Crippen LogP) is 2.71. The van der Waals surface area contributed by atoms with Crippen molar-refractivity contribution in [2.24, 2.45) is 5.10 Å². The van der Waals surface area contributed by atoms with Gasteiger partial charge in [0, 0.05) is 31.7 Å². The summed E-state index contributed by atoms with van der Waals surface area (Å²) in [6.45, 7) is 5.61. The van der Waals surface area contributed by atoms with Crippen LogP contribution in [-0.4, -0.2) is 73.8 Å². The number of benzene rings is 2. The Bertz CT molecular complexity index is 1130. The first-order valence-corrected chi connectivity index (χ1v) is 11.9. The van der Waals surface area contributed by atoms with E-state index in [9.17, 15) is 4.39 Å². The number of hydrazone groups is 1. The van der Waals surface area contributed by atoms with Crippen LogP contribution in [0, 0.1) is 5.82 Å². The van der Waals surface area contributed by atoms with Crippen LogP contribution < -0.4 is 20.0 Å². The van der Waals surface area contributed by atoms with Crippen LogP contribution in [0.1, 0.15) is 11.1 Å². The summed E-state index contributed by atoms with van der Waals surface area (Å²) in [6.07, 6.45) is 1.67. The summed E-state index contributed by atoms with van der Waals surface area (Å²) in [5.41, 5.74) is 4.31.